The topological polar surface area (TPSA) is 52.4 Å². The summed E-state index contributed by atoms with van der Waals surface area (Å²) in [5, 5.41) is 11.0. The Morgan fingerprint density at radius 3 is 2.50 bits per heavy atom. The van der Waals surface area contributed by atoms with E-state index in [-0.39, 0.29) is 16.5 Å². The van der Waals surface area contributed by atoms with Gasteiger partial charge >= 0.3 is 0 Å². The number of nitrogens with zero attached hydrogens (tertiary/aromatic N) is 1. The van der Waals surface area contributed by atoms with Crippen LogP contribution < -0.4 is 4.74 Å². The number of ether oxygens (including phenoxy) is 1. The number of nitro groups is 1. The van der Waals surface area contributed by atoms with Gasteiger partial charge in [-0.05, 0) is 30.0 Å². The second kappa shape index (κ2) is 8.35. The van der Waals surface area contributed by atoms with E-state index in [1.165, 1.54) is 0 Å². The molecule has 0 N–H and O–H groups in total. The van der Waals surface area contributed by atoms with Gasteiger partial charge in [0, 0.05) is 12.5 Å². The van der Waals surface area contributed by atoms with Gasteiger partial charge in [0.1, 0.15) is 5.75 Å². The van der Waals surface area contributed by atoms with Gasteiger partial charge in [0.25, 0.3) is 0 Å². The Morgan fingerprint density at radius 1 is 1.35 bits per heavy atom. The van der Waals surface area contributed by atoms with Gasteiger partial charge in [-0.3, -0.25) is 10.1 Å². The molecule has 4 nitrogen and oxygen atoms in total. The summed E-state index contributed by atoms with van der Waals surface area (Å²) in [6, 6.07) is 7.42. The molecular weight excluding hydrogens is 254 g/mol. The molecule has 1 aromatic carbocycles. The van der Waals surface area contributed by atoms with Crippen LogP contribution in [-0.2, 0) is 0 Å². The van der Waals surface area contributed by atoms with Gasteiger partial charge in [0.2, 0.25) is 5.70 Å². The number of benzene rings is 1. The van der Waals surface area contributed by atoms with Crippen LogP contribution in [0.5, 0.6) is 5.75 Å². The maximum absolute atomic E-state index is 11.0. The molecule has 0 amide bonds. The molecule has 1 aromatic rings. The molecule has 110 valence electrons. The molecule has 20 heavy (non-hydrogen) atoms. The van der Waals surface area contributed by atoms with Gasteiger partial charge in [0.15, 0.2) is 0 Å². The van der Waals surface area contributed by atoms with Crippen molar-refractivity contribution in [3.63, 3.8) is 0 Å². The molecule has 0 spiro atoms. The Kier molecular flexibility index (Phi) is 6.77. The second-order valence-electron chi connectivity index (χ2n) is 5.26. The molecule has 0 saturated carbocycles. The van der Waals surface area contributed by atoms with Crippen LogP contribution in [0, 0.1) is 16.0 Å². The zero-order valence-electron chi connectivity index (χ0n) is 12.5. The first-order chi connectivity index (χ1) is 9.52. The quantitative estimate of drug-likeness (QED) is 0.398. The first-order valence-corrected chi connectivity index (χ1v) is 7.10. The molecule has 0 aromatic heterocycles. The molecule has 0 bridgehead atoms. The fourth-order valence-corrected chi connectivity index (χ4v) is 1.79. The van der Waals surface area contributed by atoms with Crippen molar-refractivity contribution in [2.24, 2.45) is 5.92 Å². The molecule has 1 rings (SSSR count). The number of hydrogen-bond acceptors (Lipinski definition) is 3. The highest BCUT2D eigenvalue weighted by molar-refractivity contribution is 5.52. The molecule has 4 heteroatoms. The lowest BCUT2D eigenvalue weighted by Crippen LogP contribution is -2.02. The van der Waals surface area contributed by atoms with E-state index < -0.39 is 0 Å². The summed E-state index contributed by atoms with van der Waals surface area (Å²) in [5.74, 6) is 1.07. The molecule has 0 aliphatic rings. The summed E-state index contributed by atoms with van der Waals surface area (Å²) in [6.07, 6.45) is 4.24. The number of hydrogen-bond donors (Lipinski definition) is 0. The summed E-state index contributed by atoms with van der Waals surface area (Å²) in [5.41, 5.74) is 1.08. The zero-order chi connectivity index (χ0) is 15.0. The minimum atomic E-state index is -0.300. The van der Waals surface area contributed by atoms with Crippen molar-refractivity contribution in [2.75, 3.05) is 6.61 Å². The molecule has 0 unspecified atom stereocenters. The van der Waals surface area contributed by atoms with Crippen LogP contribution in [0.25, 0.3) is 6.08 Å². The van der Waals surface area contributed by atoms with Crippen LogP contribution >= 0.6 is 0 Å². The summed E-state index contributed by atoms with van der Waals surface area (Å²) in [6.45, 7) is 6.77. The minimum Gasteiger partial charge on any atom is -0.494 e. The SMILES string of the molecule is CCCCOc1ccc(C=C(CC(C)C)[N+](=O)[O-])cc1. The highest BCUT2D eigenvalue weighted by Crippen LogP contribution is 2.18. The lowest BCUT2D eigenvalue weighted by molar-refractivity contribution is -0.427. The largest absolute Gasteiger partial charge is 0.494 e. The Balaban J connectivity index is 2.73. The maximum Gasteiger partial charge on any atom is 0.247 e. The molecule has 0 aliphatic heterocycles. The smallest absolute Gasteiger partial charge is 0.247 e. The van der Waals surface area contributed by atoms with Crippen LogP contribution in [0.4, 0.5) is 0 Å². The van der Waals surface area contributed by atoms with Crippen molar-refractivity contribution in [1.29, 1.82) is 0 Å². The summed E-state index contributed by atoms with van der Waals surface area (Å²) in [4.78, 5) is 10.7. The maximum atomic E-state index is 11.0. The predicted octanol–water partition coefficient (Wildman–Crippen LogP) is 4.53. The van der Waals surface area contributed by atoms with E-state index in [9.17, 15) is 10.1 Å². The third-order valence-corrected chi connectivity index (χ3v) is 2.83. The fourth-order valence-electron chi connectivity index (χ4n) is 1.79. The summed E-state index contributed by atoms with van der Waals surface area (Å²) in [7, 11) is 0. The Hall–Kier alpha value is -1.84. The summed E-state index contributed by atoms with van der Waals surface area (Å²) >= 11 is 0. The van der Waals surface area contributed by atoms with Crippen molar-refractivity contribution in [2.45, 2.75) is 40.0 Å². The third-order valence-electron chi connectivity index (χ3n) is 2.83. The van der Waals surface area contributed by atoms with Crippen LogP contribution in [0.3, 0.4) is 0 Å². The van der Waals surface area contributed by atoms with Crippen LogP contribution in [0.2, 0.25) is 0 Å². The Morgan fingerprint density at radius 2 is 2.00 bits per heavy atom. The average molecular weight is 277 g/mol. The molecule has 0 saturated heterocycles. The first kappa shape index (κ1) is 16.2. The lowest BCUT2D eigenvalue weighted by atomic mass is 10.1. The highest BCUT2D eigenvalue weighted by atomic mass is 16.6. The van der Waals surface area contributed by atoms with Gasteiger partial charge in [-0.15, -0.1) is 0 Å². The van der Waals surface area contributed by atoms with Gasteiger partial charge in [-0.1, -0.05) is 39.3 Å². The van der Waals surface area contributed by atoms with E-state index in [1.807, 2.05) is 38.1 Å². The first-order valence-electron chi connectivity index (χ1n) is 7.10. The summed E-state index contributed by atoms with van der Waals surface area (Å²) < 4.78 is 5.56. The van der Waals surface area contributed by atoms with E-state index in [0.29, 0.717) is 13.0 Å². The molecule has 0 fully saturated rings. The average Bonchev–Trinajstić information content (AvgIpc) is 2.39. The Bertz CT molecular complexity index is 449. The van der Waals surface area contributed by atoms with Crippen molar-refractivity contribution in [3.8, 4) is 5.75 Å². The zero-order valence-corrected chi connectivity index (χ0v) is 12.5. The second-order valence-corrected chi connectivity index (χ2v) is 5.26. The predicted molar refractivity (Wildman–Crippen MR) is 81.3 cm³/mol. The van der Waals surface area contributed by atoms with Crippen molar-refractivity contribution < 1.29 is 9.66 Å². The van der Waals surface area contributed by atoms with Crippen LogP contribution in [0.15, 0.2) is 30.0 Å². The van der Waals surface area contributed by atoms with Gasteiger partial charge < -0.3 is 4.74 Å². The molecule has 0 aliphatic carbocycles. The molecular formula is C16H23NO3. The van der Waals surface area contributed by atoms with Crippen molar-refractivity contribution in [3.05, 3.63) is 45.6 Å². The molecule has 0 atom stereocenters. The van der Waals surface area contributed by atoms with E-state index >= 15 is 0 Å². The van der Waals surface area contributed by atoms with Crippen molar-refractivity contribution in [1.82, 2.24) is 0 Å². The van der Waals surface area contributed by atoms with Gasteiger partial charge in [-0.25, -0.2) is 0 Å². The third kappa shape index (κ3) is 5.87. The molecule has 0 radical (unpaired) electrons. The minimum absolute atomic E-state index is 0.250. The monoisotopic (exact) mass is 277 g/mol. The fraction of sp³-hybridized carbons (Fsp3) is 0.500. The van der Waals surface area contributed by atoms with Gasteiger partial charge in [-0.2, -0.15) is 0 Å². The van der Waals surface area contributed by atoms with Gasteiger partial charge in [0.05, 0.1) is 11.5 Å². The normalized spacial score (nSPS) is 11.7. The lowest BCUT2D eigenvalue weighted by Gasteiger charge is -2.05. The van der Waals surface area contributed by atoms with E-state index in [2.05, 4.69) is 6.92 Å². The van der Waals surface area contributed by atoms with E-state index in [1.54, 1.807) is 6.08 Å². The van der Waals surface area contributed by atoms with Crippen LogP contribution in [0.1, 0.15) is 45.6 Å². The van der Waals surface area contributed by atoms with Crippen molar-refractivity contribution >= 4 is 6.08 Å². The number of rotatable bonds is 8. The molecule has 0 heterocycles. The number of allylic oxidation sites excluding steroid dienone is 1. The van der Waals surface area contributed by atoms with E-state index in [4.69, 9.17) is 4.74 Å². The Labute approximate surface area is 120 Å². The standard InChI is InChI=1S/C16H23NO3/c1-4-5-10-20-16-8-6-14(7-9-16)12-15(17(18)19)11-13(2)3/h6-9,12-13H,4-5,10-11H2,1-3H3. The van der Waals surface area contributed by atoms with Crippen LogP contribution in [-0.4, -0.2) is 11.5 Å². The van der Waals surface area contributed by atoms with E-state index in [0.717, 1.165) is 24.2 Å². The number of unbranched alkanes of at least 4 members (excludes halogenated alkanes) is 1. The highest BCUT2D eigenvalue weighted by Gasteiger charge is 2.12.